The Hall–Kier alpha value is -1.79. The zero-order chi connectivity index (χ0) is 13.9. The first-order valence-electron chi connectivity index (χ1n) is 6.96. The third kappa shape index (κ3) is 5.58. The highest BCUT2D eigenvalue weighted by Gasteiger charge is 1.93. The molecule has 2 aromatic rings. The number of unbranched alkanes of at least 4 members (excludes halogenated alkanes) is 2. The maximum absolute atomic E-state index is 10.2. The van der Waals surface area contributed by atoms with Gasteiger partial charge in [0.05, 0.1) is 6.26 Å². The van der Waals surface area contributed by atoms with Crippen molar-refractivity contribution in [3.05, 3.63) is 42.2 Å². The van der Waals surface area contributed by atoms with Gasteiger partial charge in [-0.05, 0) is 31.4 Å². The van der Waals surface area contributed by atoms with Gasteiger partial charge in [0.25, 0.3) is 0 Å². The Morgan fingerprint density at radius 1 is 1.16 bits per heavy atom. The van der Waals surface area contributed by atoms with Crippen LogP contribution in [-0.2, 0) is 4.79 Å². The fourth-order valence-corrected chi connectivity index (χ4v) is 1.79. The summed E-state index contributed by atoms with van der Waals surface area (Å²) in [5.74, 6) is 1.98. The smallest absolute Gasteiger partial charge is 0.133 e. The lowest BCUT2D eigenvalue weighted by Crippen LogP contribution is -1.82. The van der Waals surface area contributed by atoms with E-state index in [0.29, 0.717) is 0 Å². The summed E-state index contributed by atoms with van der Waals surface area (Å²) in [7, 11) is 0. The fraction of sp³-hybridized carbons (Fsp3) is 0.412. The normalized spacial score (nSPS) is 9.58. The molecular formula is C17H22O2. The maximum Gasteiger partial charge on any atom is 0.133 e. The van der Waals surface area contributed by atoms with Crippen molar-refractivity contribution in [2.75, 3.05) is 0 Å². The van der Waals surface area contributed by atoms with Crippen LogP contribution in [0.5, 0.6) is 0 Å². The van der Waals surface area contributed by atoms with Crippen molar-refractivity contribution < 1.29 is 9.21 Å². The van der Waals surface area contributed by atoms with Gasteiger partial charge >= 0.3 is 0 Å². The molecule has 0 bridgehead atoms. The van der Waals surface area contributed by atoms with Gasteiger partial charge in [0.2, 0.25) is 0 Å². The van der Waals surface area contributed by atoms with Crippen LogP contribution in [0.1, 0.15) is 46.0 Å². The minimum absolute atomic E-state index is 0.868. The molecule has 0 aliphatic carbocycles. The van der Waals surface area contributed by atoms with Gasteiger partial charge in [-0.2, -0.15) is 0 Å². The van der Waals surface area contributed by atoms with Crippen molar-refractivity contribution in [1.82, 2.24) is 0 Å². The largest absolute Gasteiger partial charge is 0.464 e. The van der Waals surface area contributed by atoms with Gasteiger partial charge in [0.15, 0.2) is 0 Å². The summed E-state index contributed by atoms with van der Waals surface area (Å²) < 4.78 is 5.12. The van der Waals surface area contributed by atoms with Gasteiger partial charge in [-0.3, -0.25) is 0 Å². The summed E-state index contributed by atoms with van der Waals surface area (Å²) in [6.07, 6.45) is 7.11. The van der Waals surface area contributed by atoms with E-state index in [1.807, 2.05) is 43.2 Å². The van der Waals surface area contributed by atoms with Gasteiger partial charge in [-0.1, -0.05) is 44.9 Å². The maximum atomic E-state index is 10.2. The van der Waals surface area contributed by atoms with E-state index in [9.17, 15) is 4.79 Å². The molecule has 0 saturated heterocycles. The van der Waals surface area contributed by atoms with E-state index < -0.39 is 0 Å². The molecule has 1 heterocycles. The Bertz CT molecular complexity index is 489. The number of rotatable bonds is 5. The van der Waals surface area contributed by atoms with Crippen molar-refractivity contribution >= 4 is 16.9 Å². The van der Waals surface area contributed by atoms with Crippen LogP contribution in [0.15, 0.2) is 46.6 Å². The molecule has 0 amide bonds. The van der Waals surface area contributed by atoms with E-state index in [4.69, 9.17) is 4.42 Å². The van der Waals surface area contributed by atoms with Crippen LogP contribution in [0.3, 0.4) is 0 Å². The second-order valence-electron chi connectivity index (χ2n) is 4.47. The lowest BCUT2D eigenvalue weighted by molar-refractivity contribution is 0.563. The summed E-state index contributed by atoms with van der Waals surface area (Å²) >= 11 is 0. The van der Waals surface area contributed by atoms with Crippen LogP contribution < -0.4 is 0 Å². The summed E-state index contributed by atoms with van der Waals surface area (Å²) in [6, 6.07) is 9.90. The molecule has 0 saturated carbocycles. The van der Waals surface area contributed by atoms with Crippen LogP contribution in [0.4, 0.5) is 0 Å². The van der Waals surface area contributed by atoms with Crippen LogP contribution in [0, 0.1) is 0 Å². The molecule has 0 N–H and O–H groups in total. The zero-order valence-corrected chi connectivity index (χ0v) is 11.8. The SMILES string of the molecule is CCCCCC(=C=O)CC.c1ccc2occc2c1. The number of benzene rings is 1. The summed E-state index contributed by atoms with van der Waals surface area (Å²) in [6.45, 7) is 4.17. The highest BCUT2D eigenvalue weighted by molar-refractivity contribution is 5.76. The number of fused-ring (bicyclic) bond motifs is 1. The predicted molar refractivity (Wildman–Crippen MR) is 79.9 cm³/mol. The van der Waals surface area contributed by atoms with Crippen LogP contribution >= 0.6 is 0 Å². The van der Waals surface area contributed by atoms with E-state index in [2.05, 4.69) is 6.92 Å². The Labute approximate surface area is 115 Å². The predicted octanol–water partition coefficient (Wildman–Crippen LogP) is 5.17. The van der Waals surface area contributed by atoms with Crippen molar-refractivity contribution in [1.29, 1.82) is 0 Å². The Morgan fingerprint density at radius 3 is 2.58 bits per heavy atom. The first kappa shape index (κ1) is 15.3. The zero-order valence-electron chi connectivity index (χ0n) is 11.8. The first-order valence-corrected chi connectivity index (χ1v) is 6.96. The van der Waals surface area contributed by atoms with E-state index in [1.54, 1.807) is 6.26 Å². The lowest BCUT2D eigenvalue weighted by atomic mass is 10.1. The summed E-state index contributed by atoms with van der Waals surface area (Å²) in [5, 5.41) is 1.16. The monoisotopic (exact) mass is 258 g/mol. The highest BCUT2D eigenvalue weighted by Crippen LogP contribution is 2.12. The molecule has 1 aromatic heterocycles. The Balaban J connectivity index is 0.000000190. The molecule has 19 heavy (non-hydrogen) atoms. The Morgan fingerprint density at radius 2 is 1.95 bits per heavy atom. The van der Waals surface area contributed by atoms with Gasteiger partial charge in [0, 0.05) is 11.0 Å². The summed E-state index contributed by atoms with van der Waals surface area (Å²) in [5.41, 5.74) is 1.89. The lowest BCUT2D eigenvalue weighted by Gasteiger charge is -1.96. The van der Waals surface area contributed by atoms with Gasteiger partial charge < -0.3 is 4.42 Å². The minimum atomic E-state index is 0.868. The topological polar surface area (TPSA) is 30.2 Å². The van der Waals surface area contributed by atoms with Crippen LogP contribution in [0.2, 0.25) is 0 Å². The van der Waals surface area contributed by atoms with E-state index in [1.165, 1.54) is 12.8 Å². The molecule has 2 heteroatoms. The number of allylic oxidation sites excluding steroid dienone is 1. The van der Waals surface area contributed by atoms with Crippen LogP contribution in [-0.4, -0.2) is 5.94 Å². The van der Waals surface area contributed by atoms with Crippen molar-refractivity contribution in [3.8, 4) is 0 Å². The van der Waals surface area contributed by atoms with Gasteiger partial charge in [-0.25, -0.2) is 4.79 Å². The van der Waals surface area contributed by atoms with Crippen molar-refractivity contribution in [2.45, 2.75) is 46.0 Å². The van der Waals surface area contributed by atoms with Crippen molar-refractivity contribution in [3.63, 3.8) is 0 Å². The molecule has 0 aliphatic heterocycles. The van der Waals surface area contributed by atoms with Crippen LogP contribution in [0.25, 0.3) is 11.0 Å². The minimum Gasteiger partial charge on any atom is -0.464 e. The summed E-state index contributed by atoms with van der Waals surface area (Å²) in [4.78, 5) is 10.2. The number of furan rings is 1. The average Bonchev–Trinajstić information content (AvgIpc) is 2.93. The fourth-order valence-electron chi connectivity index (χ4n) is 1.79. The molecular weight excluding hydrogens is 236 g/mol. The standard InChI is InChI=1S/C9H16O.C8H6O/c1-3-5-6-7-9(4-2)8-10;1-2-4-8-7(3-1)5-6-9-8/h3-7H2,1-2H3;1-6H. The number of hydrogen-bond acceptors (Lipinski definition) is 2. The molecule has 0 spiro atoms. The van der Waals surface area contributed by atoms with E-state index in [-0.39, 0.29) is 0 Å². The van der Waals surface area contributed by atoms with E-state index >= 15 is 0 Å². The molecule has 2 nitrogen and oxygen atoms in total. The average molecular weight is 258 g/mol. The molecule has 2 rings (SSSR count). The quantitative estimate of drug-likeness (QED) is 0.547. The van der Waals surface area contributed by atoms with Gasteiger partial charge in [-0.15, -0.1) is 0 Å². The third-order valence-corrected chi connectivity index (χ3v) is 3.01. The number of hydrogen-bond donors (Lipinski definition) is 0. The highest BCUT2D eigenvalue weighted by atomic mass is 16.3. The first-order chi connectivity index (χ1) is 9.31. The molecule has 0 atom stereocenters. The number of para-hydroxylation sites is 1. The third-order valence-electron chi connectivity index (χ3n) is 3.01. The van der Waals surface area contributed by atoms with E-state index in [0.717, 1.165) is 35.8 Å². The molecule has 0 unspecified atom stereocenters. The molecule has 1 aromatic carbocycles. The Kier molecular flexibility index (Phi) is 7.38. The number of carbonyl (C=O) groups excluding carboxylic acids is 1. The molecule has 0 aliphatic rings. The van der Waals surface area contributed by atoms with Crippen molar-refractivity contribution in [2.24, 2.45) is 0 Å². The molecule has 0 radical (unpaired) electrons. The molecule has 102 valence electrons. The molecule has 0 fully saturated rings. The second kappa shape index (κ2) is 9.18. The van der Waals surface area contributed by atoms with Gasteiger partial charge in [0.1, 0.15) is 11.5 Å². The second-order valence-corrected chi connectivity index (χ2v) is 4.47.